The minimum Gasteiger partial charge on any atom is -0.334 e. The molecular weight excluding hydrogens is 222 g/mol. The van der Waals surface area contributed by atoms with Crippen molar-refractivity contribution in [1.82, 2.24) is 9.55 Å². The van der Waals surface area contributed by atoms with Crippen molar-refractivity contribution in [2.24, 2.45) is 5.73 Å². The lowest BCUT2D eigenvalue weighted by Crippen LogP contribution is -2.27. The lowest BCUT2D eigenvalue weighted by Gasteiger charge is -2.26. The van der Waals surface area contributed by atoms with Gasteiger partial charge in [-0.15, -0.1) is 0 Å². The molecule has 1 aliphatic carbocycles. The van der Waals surface area contributed by atoms with Crippen molar-refractivity contribution in [3.63, 3.8) is 0 Å². The van der Waals surface area contributed by atoms with Crippen LogP contribution in [0.5, 0.6) is 0 Å². The Morgan fingerprint density at radius 2 is 1.78 bits per heavy atom. The Kier molecular flexibility index (Phi) is 3.15. The van der Waals surface area contributed by atoms with E-state index in [1.165, 1.54) is 18.4 Å². The standard InChI is InChI=1S/C15H19N3/c16-13-6-8-14(9-7-13)18-10-15(17-11-18)12-4-2-1-3-5-12/h1-5,10-11,13-14H,6-9,16H2/t13-,14+. The van der Waals surface area contributed by atoms with E-state index in [1.54, 1.807) is 0 Å². The Balaban J connectivity index is 1.78. The summed E-state index contributed by atoms with van der Waals surface area (Å²) in [5.74, 6) is 0. The molecule has 3 heteroatoms. The second-order valence-corrected chi connectivity index (χ2v) is 5.14. The van der Waals surface area contributed by atoms with Crippen molar-refractivity contribution in [3.05, 3.63) is 42.9 Å². The molecule has 2 N–H and O–H groups in total. The highest BCUT2D eigenvalue weighted by Crippen LogP contribution is 2.28. The molecule has 1 aromatic carbocycles. The molecule has 0 atom stereocenters. The Labute approximate surface area is 108 Å². The molecule has 3 nitrogen and oxygen atoms in total. The van der Waals surface area contributed by atoms with Gasteiger partial charge < -0.3 is 10.3 Å². The molecule has 1 heterocycles. The summed E-state index contributed by atoms with van der Waals surface area (Å²) < 4.78 is 2.26. The fourth-order valence-corrected chi connectivity index (χ4v) is 2.69. The molecule has 18 heavy (non-hydrogen) atoms. The van der Waals surface area contributed by atoms with E-state index in [0.29, 0.717) is 12.1 Å². The summed E-state index contributed by atoms with van der Waals surface area (Å²) in [6, 6.07) is 11.3. The summed E-state index contributed by atoms with van der Waals surface area (Å²) >= 11 is 0. The zero-order valence-electron chi connectivity index (χ0n) is 10.5. The normalized spacial score (nSPS) is 24.1. The van der Waals surface area contributed by atoms with Gasteiger partial charge in [-0.1, -0.05) is 30.3 Å². The predicted octanol–water partition coefficient (Wildman–Crippen LogP) is 2.99. The molecule has 1 saturated carbocycles. The Bertz CT molecular complexity index is 495. The third kappa shape index (κ3) is 2.31. The van der Waals surface area contributed by atoms with E-state index in [1.807, 2.05) is 24.5 Å². The van der Waals surface area contributed by atoms with Crippen LogP contribution in [0, 0.1) is 0 Å². The predicted molar refractivity (Wildman–Crippen MR) is 73.1 cm³/mol. The molecule has 0 amide bonds. The van der Waals surface area contributed by atoms with Crippen LogP contribution in [-0.2, 0) is 0 Å². The number of hydrogen-bond acceptors (Lipinski definition) is 2. The topological polar surface area (TPSA) is 43.8 Å². The molecule has 94 valence electrons. The molecule has 1 aromatic heterocycles. The van der Waals surface area contributed by atoms with Gasteiger partial charge in [0.1, 0.15) is 0 Å². The van der Waals surface area contributed by atoms with Gasteiger partial charge in [0.2, 0.25) is 0 Å². The fraction of sp³-hybridized carbons (Fsp3) is 0.400. The molecular formula is C15H19N3. The van der Waals surface area contributed by atoms with Crippen molar-refractivity contribution in [2.75, 3.05) is 0 Å². The second-order valence-electron chi connectivity index (χ2n) is 5.14. The van der Waals surface area contributed by atoms with E-state index in [0.717, 1.165) is 18.5 Å². The largest absolute Gasteiger partial charge is 0.334 e. The van der Waals surface area contributed by atoms with Gasteiger partial charge in [0, 0.05) is 23.8 Å². The van der Waals surface area contributed by atoms with Crippen molar-refractivity contribution in [1.29, 1.82) is 0 Å². The Morgan fingerprint density at radius 1 is 1.06 bits per heavy atom. The summed E-state index contributed by atoms with van der Waals surface area (Å²) in [4.78, 5) is 4.51. The van der Waals surface area contributed by atoms with Gasteiger partial charge in [-0.25, -0.2) is 4.98 Å². The first-order chi connectivity index (χ1) is 8.83. The average Bonchev–Trinajstić information content (AvgIpc) is 2.90. The number of hydrogen-bond donors (Lipinski definition) is 1. The van der Waals surface area contributed by atoms with Gasteiger partial charge in [-0.05, 0) is 25.7 Å². The van der Waals surface area contributed by atoms with Gasteiger partial charge in [0.05, 0.1) is 12.0 Å². The Hall–Kier alpha value is -1.61. The molecule has 1 aliphatic rings. The van der Waals surface area contributed by atoms with Crippen LogP contribution in [0.2, 0.25) is 0 Å². The van der Waals surface area contributed by atoms with Gasteiger partial charge in [0.15, 0.2) is 0 Å². The van der Waals surface area contributed by atoms with Gasteiger partial charge in [-0.3, -0.25) is 0 Å². The van der Waals surface area contributed by atoms with Crippen LogP contribution in [0.15, 0.2) is 42.9 Å². The number of benzene rings is 1. The third-order valence-corrected chi connectivity index (χ3v) is 3.83. The molecule has 0 bridgehead atoms. The van der Waals surface area contributed by atoms with E-state index >= 15 is 0 Å². The third-order valence-electron chi connectivity index (χ3n) is 3.83. The molecule has 2 aromatic rings. The van der Waals surface area contributed by atoms with Crippen LogP contribution in [0.3, 0.4) is 0 Å². The summed E-state index contributed by atoms with van der Waals surface area (Å²) in [7, 11) is 0. The monoisotopic (exact) mass is 241 g/mol. The van der Waals surface area contributed by atoms with Gasteiger partial charge in [-0.2, -0.15) is 0 Å². The van der Waals surface area contributed by atoms with Crippen LogP contribution in [0.1, 0.15) is 31.7 Å². The lowest BCUT2D eigenvalue weighted by atomic mass is 9.92. The quantitative estimate of drug-likeness (QED) is 0.878. The number of nitrogens with two attached hydrogens (primary N) is 1. The number of aromatic nitrogens is 2. The highest BCUT2D eigenvalue weighted by molar-refractivity contribution is 5.57. The van der Waals surface area contributed by atoms with E-state index < -0.39 is 0 Å². The summed E-state index contributed by atoms with van der Waals surface area (Å²) in [6.45, 7) is 0. The highest BCUT2D eigenvalue weighted by Gasteiger charge is 2.19. The zero-order chi connectivity index (χ0) is 12.4. The van der Waals surface area contributed by atoms with Crippen LogP contribution < -0.4 is 5.73 Å². The molecule has 0 spiro atoms. The average molecular weight is 241 g/mol. The molecule has 1 fully saturated rings. The summed E-state index contributed by atoms with van der Waals surface area (Å²) in [6.07, 6.45) is 8.73. The minimum absolute atomic E-state index is 0.401. The summed E-state index contributed by atoms with van der Waals surface area (Å²) in [5.41, 5.74) is 8.19. The zero-order valence-corrected chi connectivity index (χ0v) is 10.5. The van der Waals surface area contributed by atoms with Crippen molar-refractivity contribution >= 4 is 0 Å². The number of nitrogens with zero attached hydrogens (tertiary/aromatic N) is 2. The Morgan fingerprint density at radius 3 is 2.50 bits per heavy atom. The molecule has 0 radical (unpaired) electrons. The van der Waals surface area contributed by atoms with Crippen LogP contribution >= 0.6 is 0 Å². The highest BCUT2D eigenvalue weighted by atomic mass is 15.1. The lowest BCUT2D eigenvalue weighted by molar-refractivity contribution is 0.323. The molecule has 0 aliphatic heterocycles. The molecule has 0 unspecified atom stereocenters. The fourth-order valence-electron chi connectivity index (χ4n) is 2.69. The maximum atomic E-state index is 5.95. The first-order valence-electron chi connectivity index (χ1n) is 6.67. The second kappa shape index (κ2) is 4.94. The van der Waals surface area contributed by atoms with Crippen LogP contribution in [-0.4, -0.2) is 15.6 Å². The van der Waals surface area contributed by atoms with E-state index in [9.17, 15) is 0 Å². The maximum Gasteiger partial charge on any atom is 0.0956 e. The molecule has 3 rings (SSSR count). The van der Waals surface area contributed by atoms with Crippen molar-refractivity contribution in [2.45, 2.75) is 37.8 Å². The van der Waals surface area contributed by atoms with Gasteiger partial charge in [0.25, 0.3) is 0 Å². The SMILES string of the molecule is N[C@H]1CC[C@@H](n2cnc(-c3ccccc3)c2)CC1. The number of imidazole rings is 1. The number of rotatable bonds is 2. The first kappa shape index (κ1) is 11.5. The van der Waals surface area contributed by atoms with Crippen LogP contribution in [0.4, 0.5) is 0 Å². The van der Waals surface area contributed by atoms with E-state index in [4.69, 9.17) is 5.73 Å². The maximum absolute atomic E-state index is 5.95. The van der Waals surface area contributed by atoms with E-state index in [2.05, 4.69) is 27.9 Å². The molecule has 0 saturated heterocycles. The van der Waals surface area contributed by atoms with Crippen molar-refractivity contribution in [3.8, 4) is 11.3 Å². The van der Waals surface area contributed by atoms with Crippen LogP contribution in [0.25, 0.3) is 11.3 Å². The smallest absolute Gasteiger partial charge is 0.0956 e. The van der Waals surface area contributed by atoms with E-state index in [-0.39, 0.29) is 0 Å². The van der Waals surface area contributed by atoms with Crippen molar-refractivity contribution < 1.29 is 0 Å². The summed E-state index contributed by atoms with van der Waals surface area (Å²) in [5, 5.41) is 0. The minimum atomic E-state index is 0.401. The first-order valence-corrected chi connectivity index (χ1v) is 6.67. The van der Waals surface area contributed by atoms with Gasteiger partial charge >= 0.3 is 0 Å².